The second-order valence-electron chi connectivity index (χ2n) is 7.32. The average Bonchev–Trinajstić information content (AvgIpc) is 3.17. The van der Waals surface area contributed by atoms with Gasteiger partial charge in [-0.05, 0) is 31.5 Å². The molecule has 0 saturated carbocycles. The number of anilines is 1. The van der Waals surface area contributed by atoms with Crippen LogP contribution in [0.4, 0.5) is 5.95 Å². The number of benzene rings is 1. The van der Waals surface area contributed by atoms with Crippen LogP contribution >= 0.6 is 0 Å². The van der Waals surface area contributed by atoms with Crippen molar-refractivity contribution in [2.45, 2.75) is 26.8 Å². The first-order valence-corrected chi connectivity index (χ1v) is 10.1. The van der Waals surface area contributed by atoms with Gasteiger partial charge in [-0.15, -0.1) is 0 Å². The Balaban J connectivity index is 1.42. The third-order valence-electron chi connectivity index (χ3n) is 5.29. The molecule has 1 aliphatic rings. The molecule has 0 atom stereocenters. The summed E-state index contributed by atoms with van der Waals surface area (Å²) < 4.78 is 1.85. The summed E-state index contributed by atoms with van der Waals surface area (Å²) >= 11 is 0. The summed E-state index contributed by atoms with van der Waals surface area (Å²) in [6.45, 7) is 7.27. The van der Waals surface area contributed by atoms with E-state index < -0.39 is 0 Å². The summed E-state index contributed by atoms with van der Waals surface area (Å²) in [5, 5.41) is 4.73. The quantitative estimate of drug-likeness (QED) is 0.670. The van der Waals surface area contributed by atoms with E-state index in [2.05, 4.69) is 53.0 Å². The highest BCUT2D eigenvalue weighted by atomic mass is 16.2. The molecule has 3 aromatic rings. The number of hydrogen-bond acceptors (Lipinski definition) is 5. The maximum absolute atomic E-state index is 12.9. The van der Waals surface area contributed by atoms with Gasteiger partial charge in [-0.1, -0.05) is 30.7 Å². The first-order valence-electron chi connectivity index (χ1n) is 10.1. The van der Waals surface area contributed by atoms with E-state index in [1.54, 1.807) is 12.4 Å². The molecule has 7 nitrogen and oxygen atoms in total. The van der Waals surface area contributed by atoms with Crippen molar-refractivity contribution in [1.29, 1.82) is 0 Å². The van der Waals surface area contributed by atoms with Crippen LogP contribution in [0, 0.1) is 6.92 Å². The Kier molecular flexibility index (Phi) is 5.55. The van der Waals surface area contributed by atoms with Crippen LogP contribution in [0.5, 0.6) is 0 Å². The number of amides is 1. The van der Waals surface area contributed by atoms with Gasteiger partial charge in [0, 0.05) is 49.8 Å². The third kappa shape index (κ3) is 4.29. The minimum Gasteiger partial charge on any atom is -0.338 e. The van der Waals surface area contributed by atoms with E-state index in [9.17, 15) is 4.79 Å². The van der Waals surface area contributed by atoms with Gasteiger partial charge in [0.2, 0.25) is 11.9 Å². The summed E-state index contributed by atoms with van der Waals surface area (Å²) in [5.41, 5.74) is 4.28. The number of aryl methyl sites for hydroxylation is 2. The molecule has 1 aliphatic heterocycles. The highest BCUT2D eigenvalue weighted by Crippen LogP contribution is 2.21. The first-order chi connectivity index (χ1) is 14.1. The van der Waals surface area contributed by atoms with Gasteiger partial charge in [-0.25, -0.2) is 9.97 Å². The van der Waals surface area contributed by atoms with Gasteiger partial charge in [0.05, 0.1) is 5.69 Å². The number of rotatable bonds is 5. The van der Waals surface area contributed by atoms with Crippen molar-refractivity contribution < 1.29 is 4.79 Å². The van der Waals surface area contributed by atoms with Crippen LogP contribution in [0.2, 0.25) is 0 Å². The van der Waals surface area contributed by atoms with Crippen molar-refractivity contribution >= 4 is 11.9 Å². The van der Waals surface area contributed by atoms with Crippen LogP contribution in [0.15, 0.2) is 48.8 Å². The monoisotopic (exact) mass is 390 g/mol. The maximum atomic E-state index is 12.9. The molecule has 150 valence electrons. The van der Waals surface area contributed by atoms with Crippen LogP contribution in [-0.2, 0) is 17.8 Å². The summed E-state index contributed by atoms with van der Waals surface area (Å²) in [6.07, 6.45) is 4.33. The zero-order chi connectivity index (χ0) is 20.2. The lowest BCUT2D eigenvalue weighted by Crippen LogP contribution is -2.50. The topological polar surface area (TPSA) is 67.2 Å². The lowest BCUT2D eigenvalue weighted by molar-refractivity contribution is -0.132. The molecule has 0 unspecified atom stereocenters. The minimum atomic E-state index is 0.104. The molecule has 0 spiro atoms. The van der Waals surface area contributed by atoms with Gasteiger partial charge in [0.15, 0.2) is 0 Å². The van der Waals surface area contributed by atoms with E-state index in [0.29, 0.717) is 13.1 Å². The van der Waals surface area contributed by atoms with Crippen molar-refractivity contribution in [3.05, 3.63) is 60.0 Å². The smallest absolute Gasteiger partial charge is 0.244 e. The van der Waals surface area contributed by atoms with Gasteiger partial charge in [0.1, 0.15) is 6.54 Å². The standard InChI is InChI=1S/C22H26N6O/c1-3-19-15-20(18-7-4-6-17(2)14-18)25-28(19)16-21(29)26-10-12-27(13-11-26)22-23-8-5-9-24-22/h4-9,14-15H,3,10-13,16H2,1-2H3. The normalized spacial score (nSPS) is 14.3. The molecule has 1 aromatic carbocycles. The van der Waals surface area contributed by atoms with Crippen LogP contribution in [0.1, 0.15) is 18.2 Å². The number of nitrogens with zero attached hydrogens (tertiary/aromatic N) is 6. The second-order valence-corrected chi connectivity index (χ2v) is 7.32. The van der Waals surface area contributed by atoms with Crippen molar-refractivity contribution in [3.8, 4) is 11.3 Å². The zero-order valence-corrected chi connectivity index (χ0v) is 17.0. The molecular weight excluding hydrogens is 364 g/mol. The van der Waals surface area contributed by atoms with Crippen LogP contribution in [0.25, 0.3) is 11.3 Å². The number of piperazine rings is 1. The third-order valence-corrected chi connectivity index (χ3v) is 5.29. The average molecular weight is 390 g/mol. The minimum absolute atomic E-state index is 0.104. The number of carbonyl (C=O) groups excluding carboxylic acids is 1. The Morgan fingerprint density at radius 3 is 2.48 bits per heavy atom. The van der Waals surface area contributed by atoms with Gasteiger partial charge >= 0.3 is 0 Å². The molecule has 0 bridgehead atoms. The van der Waals surface area contributed by atoms with E-state index in [-0.39, 0.29) is 12.5 Å². The fourth-order valence-corrected chi connectivity index (χ4v) is 3.66. The Bertz CT molecular complexity index is 976. The lowest BCUT2D eigenvalue weighted by atomic mass is 10.1. The molecule has 0 aliphatic carbocycles. The lowest BCUT2D eigenvalue weighted by Gasteiger charge is -2.34. The number of hydrogen-bond donors (Lipinski definition) is 0. The summed E-state index contributed by atoms with van der Waals surface area (Å²) in [4.78, 5) is 25.5. The molecule has 1 saturated heterocycles. The first kappa shape index (κ1) is 19.1. The summed E-state index contributed by atoms with van der Waals surface area (Å²) in [6, 6.07) is 12.2. The van der Waals surface area contributed by atoms with Crippen LogP contribution in [0.3, 0.4) is 0 Å². The van der Waals surface area contributed by atoms with Gasteiger partial charge in [-0.3, -0.25) is 9.48 Å². The Hall–Kier alpha value is -3.22. The van der Waals surface area contributed by atoms with E-state index in [1.165, 1.54) is 5.56 Å². The van der Waals surface area contributed by atoms with Crippen LogP contribution < -0.4 is 4.90 Å². The predicted molar refractivity (Wildman–Crippen MR) is 113 cm³/mol. The summed E-state index contributed by atoms with van der Waals surface area (Å²) in [5.74, 6) is 0.829. The van der Waals surface area contributed by atoms with Crippen molar-refractivity contribution in [1.82, 2.24) is 24.6 Å². The molecule has 3 heterocycles. The van der Waals surface area contributed by atoms with Gasteiger partial charge < -0.3 is 9.80 Å². The highest BCUT2D eigenvalue weighted by Gasteiger charge is 2.23. The number of aromatic nitrogens is 4. The summed E-state index contributed by atoms with van der Waals surface area (Å²) in [7, 11) is 0. The Morgan fingerprint density at radius 1 is 1.03 bits per heavy atom. The molecule has 2 aromatic heterocycles. The van der Waals surface area contributed by atoms with Crippen LogP contribution in [-0.4, -0.2) is 56.7 Å². The Labute approximate surface area is 171 Å². The predicted octanol–water partition coefficient (Wildman–Crippen LogP) is 2.56. The van der Waals surface area contributed by atoms with Crippen molar-refractivity contribution in [2.24, 2.45) is 0 Å². The fourth-order valence-electron chi connectivity index (χ4n) is 3.66. The van der Waals surface area contributed by atoms with E-state index >= 15 is 0 Å². The molecule has 0 N–H and O–H groups in total. The van der Waals surface area contributed by atoms with E-state index in [1.807, 2.05) is 21.7 Å². The molecular formula is C22H26N6O. The molecule has 1 amide bonds. The molecule has 4 rings (SSSR count). The maximum Gasteiger partial charge on any atom is 0.244 e. The van der Waals surface area contributed by atoms with Gasteiger partial charge in [-0.2, -0.15) is 5.10 Å². The largest absolute Gasteiger partial charge is 0.338 e. The SMILES string of the molecule is CCc1cc(-c2cccc(C)c2)nn1CC(=O)N1CCN(c2ncccn2)CC1. The zero-order valence-electron chi connectivity index (χ0n) is 17.0. The van der Waals surface area contributed by atoms with Crippen molar-refractivity contribution in [3.63, 3.8) is 0 Å². The fraction of sp³-hybridized carbons (Fsp3) is 0.364. The molecule has 7 heteroatoms. The Morgan fingerprint density at radius 2 is 1.79 bits per heavy atom. The number of carbonyl (C=O) groups is 1. The highest BCUT2D eigenvalue weighted by molar-refractivity contribution is 5.76. The van der Waals surface area contributed by atoms with E-state index in [0.717, 1.165) is 42.4 Å². The van der Waals surface area contributed by atoms with E-state index in [4.69, 9.17) is 5.10 Å². The molecule has 1 fully saturated rings. The molecule has 29 heavy (non-hydrogen) atoms. The van der Waals surface area contributed by atoms with Gasteiger partial charge in [0.25, 0.3) is 0 Å². The second kappa shape index (κ2) is 8.43. The van der Waals surface area contributed by atoms with Crippen molar-refractivity contribution in [2.75, 3.05) is 31.1 Å². The molecule has 0 radical (unpaired) electrons.